The number of nitrogens with zero attached hydrogens (tertiary/aromatic N) is 3. The van der Waals surface area contributed by atoms with Crippen molar-refractivity contribution in [3.05, 3.63) is 43.2 Å². The smallest absolute Gasteiger partial charge is 0.394 e. The second-order valence-corrected chi connectivity index (χ2v) is 5.28. The summed E-state index contributed by atoms with van der Waals surface area (Å²) in [6, 6.07) is 0.681. The molecule has 0 saturated carbocycles. The van der Waals surface area contributed by atoms with Crippen LogP contribution in [0, 0.1) is 10.1 Å². The lowest BCUT2D eigenvalue weighted by molar-refractivity contribution is -0.549. The van der Waals surface area contributed by atoms with Crippen molar-refractivity contribution in [2.45, 2.75) is 38.5 Å². The number of alkyl halides is 1. The van der Waals surface area contributed by atoms with E-state index in [9.17, 15) is 33.7 Å². The van der Waals surface area contributed by atoms with Gasteiger partial charge in [0.2, 0.25) is 0 Å². The number of halogens is 1. The number of ether oxygens (including phenoxy) is 3. The van der Waals surface area contributed by atoms with E-state index < -0.39 is 59.4 Å². The van der Waals surface area contributed by atoms with Crippen LogP contribution in [0.25, 0.3) is 0 Å². The molecule has 2 heterocycles. The molecule has 0 aromatic carbocycles. The zero-order valence-corrected chi connectivity index (χ0v) is 13.6. The predicted molar refractivity (Wildman–Crippen MR) is 78.3 cm³/mol. The molecule has 1 aromatic rings. The highest BCUT2D eigenvalue weighted by Gasteiger charge is 2.49. The first-order valence-corrected chi connectivity index (χ1v) is 7.22. The second kappa shape index (κ2) is 7.43. The first kappa shape index (κ1) is 19.2. The molecule has 0 amide bonds. The summed E-state index contributed by atoms with van der Waals surface area (Å²) in [5.41, 5.74) is -2.68. The van der Waals surface area contributed by atoms with Crippen LogP contribution in [0.3, 0.4) is 0 Å². The van der Waals surface area contributed by atoms with Gasteiger partial charge in [0.1, 0.15) is 12.7 Å². The number of esters is 2. The van der Waals surface area contributed by atoms with Crippen LogP contribution < -0.4 is 11.2 Å². The molecule has 13 heteroatoms. The average Bonchev–Trinajstić information content (AvgIpc) is 2.81. The maximum absolute atomic E-state index is 14.7. The van der Waals surface area contributed by atoms with E-state index in [0.29, 0.717) is 10.6 Å². The van der Waals surface area contributed by atoms with Gasteiger partial charge in [-0.2, -0.15) is 0 Å². The number of carbonyl (C=O) groups excluding carboxylic acids is 2. The molecule has 26 heavy (non-hydrogen) atoms. The third-order valence-electron chi connectivity index (χ3n) is 3.45. The van der Waals surface area contributed by atoms with Crippen LogP contribution in [0.2, 0.25) is 0 Å². The Kier molecular flexibility index (Phi) is 5.50. The number of hydrogen-bond acceptors (Lipinski definition) is 9. The Morgan fingerprint density at radius 3 is 2.54 bits per heavy atom. The Bertz CT molecular complexity index is 848. The SMILES string of the molecule is CC(=O)OC[C@H]1O[C@@H](n2ccc(=O)n([N+](=O)[O-])c2=O)[C@H](F)[C@@H]1OC(C)=O. The van der Waals surface area contributed by atoms with Gasteiger partial charge in [0.15, 0.2) is 23.5 Å². The number of rotatable bonds is 5. The lowest BCUT2D eigenvalue weighted by atomic mass is 10.1. The van der Waals surface area contributed by atoms with Crippen LogP contribution in [-0.4, -0.2) is 51.2 Å². The normalized spacial score (nSPS) is 24.9. The van der Waals surface area contributed by atoms with Gasteiger partial charge in [0.25, 0.3) is 0 Å². The van der Waals surface area contributed by atoms with Crippen molar-refractivity contribution in [2.24, 2.45) is 0 Å². The average molecular weight is 375 g/mol. The van der Waals surface area contributed by atoms with Crippen LogP contribution in [0.4, 0.5) is 4.39 Å². The summed E-state index contributed by atoms with van der Waals surface area (Å²) in [7, 11) is 0. The molecule has 0 N–H and O–H groups in total. The van der Waals surface area contributed by atoms with E-state index in [0.717, 1.165) is 20.0 Å². The third-order valence-corrected chi connectivity index (χ3v) is 3.45. The lowest BCUT2D eigenvalue weighted by Gasteiger charge is -2.18. The molecule has 0 radical (unpaired) electrons. The number of hydrogen-bond donors (Lipinski definition) is 0. The minimum absolute atomic E-state index is 0.323. The van der Waals surface area contributed by atoms with Gasteiger partial charge in [-0.15, -0.1) is 0 Å². The monoisotopic (exact) mass is 375 g/mol. The first-order valence-electron chi connectivity index (χ1n) is 7.22. The van der Waals surface area contributed by atoms with Crippen LogP contribution in [0.1, 0.15) is 20.1 Å². The summed E-state index contributed by atoms with van der Waals surface area (Å²) in [5, 5.41) is 9.58. The van der Waals surface area contributed by atoms with Crippen LogP contribution in [0.5, 0.6) is 0 Å². The van der Waals surface area contributed by atoms with Gasteiger partial charge in [-0.3, -0.25) is 19.0 Å². The third kappa shape index (κ3) is 3.77. The lowest BCUT2D eigenvalue weighted by Crippen LogP contribution is -2.45. The van der Waals surface area contributed by atoms with E-state index in [2.05, 4.69) is 0 Å². The van der Waals surface area contributed by atoms with Crippen molar-refractivity contribution in [1.29, 1.82) is 0 Å². The van der Waals surface area contributed by atoms with Gasteiger partial charge in [-0.05, 0) is 0 Å². The Hall–Kier alpha value is -3.09. The van der Waals surface area contributed by atoms with Gasteiger partial charge in [0.05, 0.1) is 0 Å². The Balaban J connectivity index is 2.41. The van der Waals surface area contributed by atoms with Crippen LogP contribution >= 0.6 is 0 Å². The van der Waals surface area contributed by atoms with Crippen molar-refractivity contribution >= 4 is 11.9 Å². The Morgan fingerprint density at radius 1 is 1.35 bits per heavy atom. The van der Waals surface area contributed by atoms with Gasteiger partial charge < -0.3 is 14.2 Å². The molecule has 1 saturated heterocycles. The van der Waals surface area contributed by atoms with E-state index in [1.165, 1.54) is 0 Å². The summed E-state index contributed by atoms with van der Waals surface area (Å²) in [6.07, 6.45) is -5.82. The van der Waals surface area contributed by atoms with Gasteiger partial charge in [-0.1, -0.05) is 0 Å². The summed E-state index contributed by atoms with van der Waals surface area (Å²) in [6.45, 7) is 1.63. The topological polar surface area (TPSA) is 149 Å². The summed E-state index contributed by atoms with van der Waals surface area (Å²) in [4.78, 5) is 56.5. The number of nitro groups is 1. The van der Waals surface area contributed by atoms with Crippen molar-refractivity contribution < 1.29 is 33.2 Å². The second-order valence-electron chi connectivity index (χ2n) is 5.28. The fourth-order valence-electron chi connectivity index (χ4n) is 2.41. The molecule has 12 nitrogen and oxygen atoms in total. The van der Waals surface area contributed by atoms with E-state index in [-0.39, 0.29) is 4.68 Å². The molecule has 1 aliphatic rings. The molecule has 0 unspecified atom stereocenters. The molecular formula is C13H14FN3O9. The van der Waals surface area contributed by atoms with E-state index >= 15 is 0 Å². The molecule has 0 aliphatic carbocycles. The Labute approximate surface area is 143 Å². The number of aromatic nitrogens is 2. The molecule has 4 atom stereocenters. The van der Waals surface area contributed by atoms with Crippen molar-refractivity contribution in [1.82, 2.24) is 9.24 Å². The molecule has 0 bridgehead atoms. The maximum atomic E-state index is 14.7. The minimum atomic E-state index is -2.12. The zero-order valence-electron chi connectivity index (χ0n) is 13.6. The van der Waals surface area contributed by atoms with E-state index in [1.54, 1.807) is 0 Å². The van der Waals surface area contributed by atoms with Crippen LogP contribution in [0.15, 0.2) is 21.9 Å². The molecular weight excluding hydrogens is 361 g/mol. The maximum Gasteiger partial charge on any atom is 0.394 e. The van der Waals surface area contributed by atoms with E-state index in [1.807, 2.05) is 0 Å². The molecule has 1 aliphatic heterocycles. The quantitative estimate of drug-likeness (QED) is 0.350. The highest BCUT2D eigenvalue weighted by Crippen LogP contribution is 2.33. The largest absolute Gasteiger partial charge is 0.463 e. The first-order chi connectivity index (χ1) is 12.1. The standard InChI is InChI=1S/C13H14FN3O9/c1-6(18)24-5-8-11(25-7(2)19)10(14)12(26-8)15-4-3-9(20)16(13(15)21)17(22)23/h3-4,8,10-12H,5H2,1-2H3/t8-,10-,11-,12-/m1/s1. The van der Waals surface area contributed by atoms with Gasteiger partial charge >= 0.3 is 23.2 Å². The van der Waals surface area contributed by atoms with Crippen LogP contribution in [-0.2, 0) is 23.8 Å². The highest BCUT2D eigenvalue weighted by molar-refractivity contribution is 5.66. The Morgan fingerprint density at radius 2 is 2.00 bits per heavy atom. The summed E-state index contributed by atoms with van der Waals surface area (Å²) in [5.74, 6) is -1.55. The van der Waals surface area contributed by atoms with Gasteiger partial charge in [-0.25, -0.2) is 19.3 Å². The zero-order chi connectivity index (χ0) is 19.6. The fourth-order valence-corrected chi connectivity index (χ4v) is 2.41. The van der Waals surface area contributed by atoms with Crippen molar-refractivity contribution in [3.8, 4) is 0 Å². The fraction of sp³-hybridized carbons (Fsp3) is 0.538. The van der Waals surface area contributed by atoms with Gasteiger partial charge in [0, 0.05) is 30.8 Å². The molecule has 2 rings (SSSR count). The molecule has 0 spiro atoms. The highest BCUT2D eigenvalue weighted by atomic mass is 19.1. The summed E-state index contributed by atoms with van der Waals surface area (Å²) < 4.78 is 29.7. The van der Waals surface area contributed by atoms with Crippen molar-refractivity contribution in [2.75, 3.05) is 6.61 Å². The molecule has 1 aromatic heterocycles. The molecule has 1 fully saturated rings. The minimum Gasteiger partial charge on any atom is -0.463 e. The number of carbonyl (C=O) groups is 2. The molecule has 142 valence electrons. The predicted octanol–water partition coefficient (Wildman–Crippen LogP) is -1.22. The van der Waals surface area contributed by atoms with Crippen molar-refractivity contribution in [3.63, 3.8) is 0 Å². The summed E-state index contributed by atoms with van der Waals surface area (Å²) >= 11 is 0. The van der Waals surface area contributed by atoms with E-state index in [4.69, 9.17) is 14.2 Å².